The molecule has 4 aromatic rings. The van der Waals surface area contributed by atoms with Crippen molar-refractivity contribution in [2.75, 3.05) is 13.1 Å². The summed E-state index contributed by atoms with van der Waals surface area (Å²) in [4.78, 5) is 7.82. The predicted molar refractivity (Wildman–Crippen MR) is 128 cm³/mol. The number of H-pyrrole nitrogens is 2. The van der Waals surface area contributed by atoms with E-state index >= 15 is 0 Å². The number of hydrogen-bond acceptors (Lipinski definition) is 3. The molecule has 0 atom stereocenters. The topological polar surface area (TPSA) is 69.4 Å². The van der Waals surface area contributed by atoms with Crippen LogP contribution in [0.4, 0.5) is 4.39 Å². The predicted octanol–water partition coefficient (Wildman–Crippen LogP) is 3.90. The molecule has 5 nitrogen and oxygen atoms in total. The Morgan fingerprint density at radius 2 is 2.03 bits per heavy atom. The van der Waals surface area contributed by atoms with Crippen LogP contribution in [-0.2, 0) is 0 Å². The van der Waals surface area contributed by atoms with Crippen molar-refractivity contribution in [3.8, 4) is 22.5 Å². The summed E-state index contributed by atoms with van der Waals surface area (Å²) in [5, 5.41) is 14.2. The molecule has 1 aliphatic rings. The average molecular weight is 428 g/mol. The first kappa shape index (κ1) is 20.4. The number of nitrogens with one attached hydrogen (secondary N) is 3. The van der Waals surface area contributed by atoms with E-state index in [1.165, 1.54) is 12.1 Å². The van der Waals surface area contributed by atoms with Gasteiger partial charge in [-0.25, -0.2) is 4.39 Å². The highest BCUT2D eigenvalue weighted by molar-refractivity contribution is 5.97. The van der Waals surface area contributed by atoms with Crippen molar-refractivity contribution in [2.24, 2.45) is 5.92 Å². The minimum absolute atomic E-state index is 0.265. The van der Waals surface area contributed by atoms with Crippen LogP contribution in [0.5, 0.6) is 0 Å². The molecule has 162 valence electrons. The summed E-state index contributed by atoms with van der Waals surface area (Å²) in [6.45, 7) is 8.43. The van der Waals surface area contributed by atoms with Crippen molar-refractivity contribution < 1.29 is 4.39 Å². The fourth-order valence-electron chi connectivity index (χ4n) is 4.50. The molecule has 1 saturated heterocycles. The number of nitrogens with zero attached hydrogens (tertiary/aromatic N) is 2. The molecule has 1 aromatic carbocycles. The first-order chi connectivity index (χ1) is 15.6. The van der Waals surface area contributed by atoms with Gasteiger partial charge in [-0.2, -0.15) is 5.10 Å². The number of piperidine rings is 1. The van der Waals surface area contributed by atoms with Crippen LogP contribution in [0.15, 0.2) is 54.9 Å². The van der Waals surface area contributed by atoms with Gasteiger partial charge in [0, 0.05) is 22.4 Å². The highest BCUT2D eigenvalue weighted by atomic mass is 19.1. The Hall–Kier alpha value is -3.51. The van der Waals surface area contributed by atoms with Gasteiger partial charge in [-0.15, -0.1) is 0 Å². The van der Waals surface area contributed by atoms with Gasteiger partial charge in [0.15, 0.2) is 0 Å². The number of benzene rings is 1. The Bertz CT molecular complexity index is 1410. The molecule has 0 bridgehead atoms. The Morgan fingerprint density at radius 3 is 2.81 bits per heavy atom. The fourth-order valence-corrected chi connectivity index (χ4v) is 4.50. The summed E-state index contributed by atoms with van der Waals surface area (Å²) in [6, 6.07) is 8.66. The van der Waals surface area contributed by atoms with Crippen molar-refractivity contribution in [1.29, 1.82) is 0 Å². The number of pyridine rings is 1. The molecule has 0 saturated carbocycles. The first-order valence-corrected chi connectivity index (χ1v) is 11.0. The maximum Gasteiger partial charge on any atom is 0.123 e. The largest absolute Gasteiger partial charge is 0.352 e. The van der Waals surface area contributed by atoms with E-state index in [4.69, 9.17) is 0 Å². The Kier molecular flexibility index (Phi) is 5.45. The number of allylic oxidation sites excluding steroid dienone is 1. The lowest BCUT2D eigenvalue weighted by atomic mass is 9.90. The number of aromatic amines is 2. The van der Waals surface area contributed by atoms with E-state index in [0.29, 0.717) is 5.92 Å². The van der Waals surface area contributed by atoms with E-state index in [9.17, 15) is 4.39 Å². The Morgan fingerprint density at radius 1 is 1.19 bits per heavy atom. The maximum absolute atomic E-state index is 13.8. The van der Waals surface area contributed by atoms with Gasteiger partial charge in [0.2, 0.25) is 0 Å². The first-order valence-electron chi connectivity index (χ1n) is 11.0. The van der Waals surface area contributed by atoms with Crippen molar-refractivity contribution >= 4 is 23.1 Å². The third kappa shape index (κ3) is 3.78. The van der Waals surface area contributed by atoms with Crippen LogP contribution in [0.25, 0.3) is 45.6 Å². The molecule has 32 heavy (non-hydrogen) atoms. The summed E-state index contributed by atoms with van der Waals surface area (Å²) in [7, 11) is 0. The second kappa shape index (κ2) is 8.55. The van der Waals surface area contributed by atoms with Crippen LogP contribution in [0.3, 0.4) is 0 Å². The molecule has 1 aliphatic heterocycles. The zero-order valence-corrected chi connectivity index (χ0v) is 18.1. The molecule has 4 heterocycles. The van der Waals surface area contributed by atoms with E-state index in [-0.39, 0.29) is 5.82 Å². The van der Waals surface area contributed by atoms with Gasteiger partial charge in [0.25, 0.3) is 0 Å². The van der Waals surface area contributed by atoms with Crippen LogP contribution in [0.2, 0.25) is 0 Å². The molecule has 0 aliphatic carbocycles. The third-order valence-corrected chi connectivity index (χ3v) is 6.25. The molecule has 0 radical (unpaired) electrons. The summed E-state index contributed by atoms with van der Waals surface area (Å²) in [5.41, 5.74) is 5.43. The SMILES string of the molecule is C=C(/C=c1/c(-c2cc3c(-c4cccc(F)c4)cncc3[nH]2)n[nH]/c1=C/C)C1CCNCC1. The lowest BCUT2D eigenvalue weighted by Crippen LogP contribution is -2.29. The number of aromatic nitrogens is 4. The maximum atomic E-state index is 13.8. The second-order valence-electron chi connectivity index (χ2n) is 8.27. The molecular weight excluding hydrogens is 401 g/mol. The summed E-state index contributed by atoms with van der Waals surface area (Å²) in [5.74, 6) is 0.217. The van der Waals surface area contributed by atoms with E-state index in [0.717, 1.165) is 75.5 Å². The van der Waals surface area contributed by atoms with Gasteiger partial charge in [-0.1, -0.05) is 30.4 Å². The van der Waals surface area contributed by atoms with E-state index < -0.39 is 0 Å². The second-order valence-corrected chi connectivity index (χ2v) is 8.27. The monoisotopic (exact) mass is 427 g/mol. The molecule has 0 amide bonds. The number of rotatable bonds is 4. The molecule has 3 N–H and O–H groups in total. The normalized spacial score (nSPS) is 16.2. The van der Waals surface area contributed by atoms with Crippen molar-refractivity contribution in [2.45, 2.75) is 19.8 Å². The summed E-state index contributed by atoms with van der Waals surface area (Å²) >= 11 is 0. The van der Waals surface area contributed by atoms with Crippen LogP contribution >= 0.6 is 0 Å². The molecule has 3 aromatic heterocycles. The van der Waals surface area contributed by atoms with Gasteiger partial charge in [-0.3, -0.25) is 10.1 Å². The number of hydrogen-bond donors (Lipinski definition) is 3. The lowest BCUT2D eigenvalue weighted by Gasteiger charge is -2.22. The zero-order chi connectivity index (χ0) is 22.1. The number of fused-ring (bicyclic) bond motifs is 1. The van der Waals surface area contributed by atoms with Crippen LogP contribution in [0.1, 0.15) is 19.8 Å². The lowest BCUT2D eigenvalue weighted by molar-refractivity contribution is 0.428. The molecule has 0 unspecified atom stereocenters. The van der Waals surface area contributed by atoms with E-state index in [1.54, 1.807) is 18.5 Å². The van der Waals surface area contributed by atoms with Crippen LogP contribution < -0.4 is 15.9 Å². The van der Waals surface area contributed by atoms with Gasteiger partial charge in [0.05, 0.1) is 22.8 Å². The molecular formula is C26H26FN5. The Labute approximate surface area is 185 Å². The molecule has 6 heteroatoms. The van der Waals surface area contributed by atoms with Gasteiger partial charge < -0.3 is 10.3 Å². The standard InChI is InChI=1S/C26H26FN5/c1-3-23-21(11-16(2)17-7-9-28-10-8-17)26(32-31-23)24-13-20-22(14-29-15-25(20)30-24)18-5-4-6-19(27)12-18/h3-6,11-15,17,28,30-31H,2,7-10H2,1H3/b21-11+,23-3+. The fraction of sp³-hybridized carbons (Fsp3) is 0.231. The molecule has 1 fully saturated rings. The van der Waals surface area contributed by atoms with Gasteiger partial charge >= 0.3 is 0 Å². The summed E-state index contributed by atoms with van der Waals surface area (Å²) < 4.78 is 13.8. The van der Waals surface area contributed by atoms with Crippen LogP contribution in [-0.4, -0.2) is 33.3 Å². The third-order valence-electron chi connectivity index (χ3n) is 6.25. The minimum Gasteiger partial charge on any atom is -0.352 e. The number of halogens is 1. The zero-order valence-electron chi connectivity index (χ0n) is 18.1. The summed E-state index contributed by atoms with van der Waals surface area (Å²) in [6.07, 6.45) is 9.96. The van der Waals surface area contributed by atoms with Crippen molar-refractivity contribution in [1.82, 2.24) is 25.5 Å². The molecule has 0 spiro atoms. The average Bonchev–Trinajstić information content (AvgIpc) is 3.43. The van der Waals surface area contributed by atoms with Gasteiger partial charge in [0.1, 0.15) is 11.5 Å². The minimum atomic E-state index is -0.265. The smallest absolute Gasteiger partial charge is 0.123 e. The quantitative estimate of drug-likeness (QED) is 0.463. The van der Waals surface area contributed by atoms with E-state index in [2.05, 4.69) is 44.2 Å². The van der Waals surface area contributed by atoms with Crippen LogP contribution in [0, 0.1) is 11.7 Å². The van der Waals surface area contributed by atoms with Gasteiger partial charge in [-0.05, 0) is 68.6 Å². The van der Waals surface area contributed by atoms with Crippen molar-refractivity contribution in [3.05, 3.63) is 71.3 Å². The molecule has 5 rings (SSSR count). The van der Waals surface area contributed by atoms with Crippen molar-refractivity contribution in [3.63, 3.8) is 0 Å². The highest BCUT2D eigenvalue weighted by Gasteiger charge is 2.17. The van der Waals surface area contributed by atoms with E-state index in [1.807, 2.05) is 19.1 Å². The highest BCUT2D eigenvalue weighted by Crippen LogP contribution is 2.30. The Balaban J connectivity index is 1.62.